The van der Waals surface area contributed by atoms with E-state index in [1.54, 1.807) is 0 Å². The van der Waals surface area contributed by atoms with Gasteiger partial charge >= 0.3 is 0 Å². The van der Waals surface area contributed by atoms with Gasteiger partial charge in [0.2, 0.25) is 0 Å². The topological polar surface area (TPSA) is 23.8 Å². The lowest BCUT2D eigenvalue weighted by molar-refractivity contribution is 0.117. The zero-order valence-electron chi connectivity index (χ0n) is 14.4. The Bertz CT molecular complexity index is 334. The summed E-state index contributed by atoms with van der Waals surface area (Å²) >= 11 is 0. The maximum atomic E-state index is 9.40. The second-order valence-corrected chi connectivity index (χ2v) is 8.16. The minimum Gasteiger partial charge on any atom is -0.198 e. The number of nitrogens with zero attached hydrogens (tertiary/aromatic N) is 1. The maximum absolute atomic E-state index is 9.40. The molecular formula is C20H35N. The standard InChI is InChI=1S/C20H35N/c1-3-4-5-6-8-17-10-12-18(13-11-17)19-9-7-14-20(2,15-19)16-21/h17-19H,3-15H2,1-2H3/t17?,18?,19-,20-/m1/s1. The Morgan fingerprint density at radius 2 is 1.76 bits per heavy atom. The smallest absolute Gasteiger partial charge is 0.0686 e. The molecule has 0 bridgehead atoms. The molecule has 1 nitrogen and oxygen atoms in total. The van der Waals surface area contributed by atoms with Crippen molar-refractivity contribution in [1.29, 1.82) is 5.26 Å². The molecule has 2 atom stereocenters. The summed E-state index contributed by atoms with van der Waals surface area (Å²) in [7, 11) is 0. The molecule has 0 aromatic carbocycles. The molecule has 2 aliphatic carbocycles. The van der Waals surface area contributed by atoms with Crippen molar-refractivity contribution in [2.45, 2.75) is 97.3 Å². The average molecular weight is 290 g/mol. The van der Waals surface area contributed by atoms with Crippen molar-refractivity contribution in [1.82, 2.24) is 0 Å². The van der Waals surface area contributed by atoms with Gasteiger partial charge in [-0.05, 0) is 50.4 Å². The van der Waals surface area contributed by atoms with Crippen LogP contribution in [0.25, 0.3) is 0 Å². The number of hydrogen-bond acceptors (Lipinski definition) is 1. The summed E-state index contributed by atoms with van der Waals surface area (Å²) in [5.41, 5.74) is -0.0140. The number of rotatable bonds is 6. The van der Waals surface area contributed by atoms with Gasteiger partial charge in [-0.25, -0.2) is 0 Å². The van der Waals surface area contributed by atoms with Crippen molar-refractivity contribution in [3.8, 4) is 6.07 Å². The van der Waals surface area contributed by atoms with E-state index in [0.29, 0.717) is 0 Å². The minimum atomic E-state index is -0.0140. The van der Waals surface area contributed by atoms with E-state index in [0.717, 1.165) is 24.2 Å². The molecule has 1 heteroatoms. The Hall–Kier alpha value is -0.510. The van der Waals surface area contributed by atoms with Gasteiger partial charge in [0.25, 0.3) is 0 Å². The third-order valence-electron chi connectivity index (χ3n) is 6.31. The molecule has 0 heterocycles. The average Bonchev–Trinajstić information content (AvgIpc) is 2.52. The fourth-order valence-electron chi connectivity index (χ4n) is 4.85. The van der Waals surface area contributed by atoms with Crippen LogP contribution in [0.5, 0.6) is 0 Å². The molecule has 2 saturated carbocycles. The van der Waals surface area contributed by atoms with E-state index < -0.39 is 0 Å². The monoisotopic (exact) mass is 289 g/mol. The van der Waals surface area contributed by atoms with E-state index in [1.165, 1.54) is 77.0 Å². The van der Waals surface area contributed by atoms with Gasteiger partial charge in [-0.2, -0.15) is 5.26 Å². The van der Waals surface area contributed by atoms with E-state index in [-0.39, 0.29) is 5.41 Å². The normalized spacial score (nSPS) is 37.1. The lowest BCUT2D eigenvalue weighted by Gasteiger charge is -2.40. The SMILES string of the molecule is CCCCCCC1CCC([C@@H]2CCC[C@@](C)(C#N)C2)CC1. The first kappa shape index (κ1) is 16.9. The highest BCUT2D eigenvalue weighted by Gasteiger charge is 2.36. The zero-order valence-corrected chi connectivity index (χ0v) is 14.4. The molecule has 0 amide bonds. The van der Waals surface area contributed by atoms with Gasteiger partial charge in [0.05, 0.1) is 11.5 Å². The highest BCUT2D eigenvalue weighted by molar-refractivity contribution is 5.00. The molecule has 2 aliphatic rings. The van der Waals surface area contributed by atoms with Crippen LogP contribution in [0.4, 0.5) is 0 Å². The fraction of sp³-hybridized carbons (Fsp3) is 0.950. The number of hydrogen-bond donors (Lipinski definition) is 0. The van der Waals surface area contributed by atoms with Crippen LogP contribution in [-0.2, 0) is 0 Å². The Morgan fingerprint density at radius 1 is 1.00 bits per heavy atom. The van der Waals surface area contributed by atoms with Crippen molar-refractivity contribution in [2.24, 2.45) is 23.2 Å². The van der Waals surface area contributed by atoms with Gasteiger partial charge in [0.1, 0.15) is 0 Å². The van der Waals surface area contributed by atoms with Gasteiger partial charge in [-0.1, -0.05) is 64.7 Å². The molecule has 0 unspecified atom stereocenters. The first-order valence-corrected chi connectivity index (χ1v) is 9.58. The number of unbranched alkanes of at least 4 members (excludes halogenated alkanes) is 3. The van der Waals surface area contributed by atoms with Crippen LogP contribution in [0, 0.1) is 34.5 Å². The van der Waals surface area contributed by atoms with Crippen molar-refractivity contribution in [2.75, 3.05) is 0 Å². The Morgan fingerprint density at radius 3 is 2.43 bits per heavy atom. The van der Waals surface area contributed by atoms with Gasteiger partial charge < -0.3 is 0 Å². The minimum absolute atomic E-state index is 0.0140. The Kier molecular flexibility index (Phi) is 6.59. The molecule has 0 N–H and O–H groups in total. The summed E-state index contributed by atoms with van der Waals surface area (Å²) < 4.78 is 0. The predicted octanol–water partition coefficient (Wildman–Crippen LogP) is 6.48. The van der Waals surface area contributed by atoms with Gasteiger partial charge in [-0.3, -0.25) is 0 Å². The molecule has 21 heavy (non-hydrogen) atoms. The summed E-state index contributed by atoms with van der Waals surface area (Å²) in [6.45, 7) is 4.49. The van der Waals surface area contributed by atoms with Crippen molar-refractivity contribution in [3.63, 3.8) is 0 Å². The van der Waals surface area contributed by atoms with Crippen LogP contribution < -0.4 is 0 Å². The third kappa shape index (κ3) is 5.01. The largest absolute Gasteiger partial charge is 0.198 e. The summed E-state index contributed by atoms with van der Waals surface area (Å²) in [6, 6.07) is 2.60. The quantitative estimate of drug-likeness (QED) is 0.513. The Labute approximate surface area is 132 Å². The van der Waals surface area contributed by atoms with E-state index in [4.69, 9.17) is 0 Å². The number of nitriles is 1. The molecule has 0 spiro atoms. The summed E-state index contributed by atoms with van der Waals surface area (Å²) in [5, 5.41) is 9.40. The molecule has 0 radical (unpaired) electrons. The summed E-state index contributed by atoms with van der Waals surface area (Å²) in [6.07, 6.45) is 18.0. The van der Waals surface area contributed by atoms with Gasteiger partial charge in [-0.15, -0.1) is 0 Å². The molecule has 0 aromatic rings. The second-order valence-electron chi connectivity index (χ2n) is 8.16. The molecule has 2 fully saturated rings. The second kappa shape index (κ2) is 8.21. The lowest BCUT2D eigenvalue weighted by Crippen LogP contribution is -2.30. The van der Waals surface area contributed by atoms with Crippen LogP contribution in [0.15, 0.2) is 0 Å². The van der Waals surface area contributed by atoms with E-state index in [9.17, 15) is 5.26 Å². The van der Waals surface area contributed by atoms with Gasteiger partial charge in [0.15, 0.2) is 0 Å². The predicted molar refractivity (Wildman–Crippen MR) is 89.9 cm³/mol. The molecule has 0 aromatic heterocycles. The first-order chi connectivity index (χ1) is 10.2. The van der Waals surface area contributed by atoms with Crippen LogP contribution in [0.3, 0.4) is 0 Å². The van der Waals surface area contributed by atoms with E-state index >= 15 is 0 Å². The van der Waals surface area contributed by atoms with Gasteiger partial charge in [0, 0.05) is 0 Å². The summed E-state index contributed by atoms with van der Waals surface area (Å²) in [5.74, 6) is 2.80. The first-order valence-electron chi connectivity index (χ1n) is 9.58. The lowest BCUT2D eigenvalue weighted by atomic mass is 9.64. The molecular weight excluding hydrogens is 254 g/mol. The van der Waals surface area contributed by atoms with Crippen molar-refractivity contribution >= 4 is 0 Å². The maximum Gasteiger partial charge on any atom is 0.0686 e. The fourth-order valence-corrected chi connectivity index (χ4v) is 4.85. The molecule has 2 rings (SSSR count). The molecule has 120 valence electrons. The summed E-state index contributed by atoms with van der Waals surface area (Å²) in [4.78, 5) is 0. The van der Waals surface area contributed by atoms with Crippen LogP contribution in [-0.4, -0.2) is 0 Å². The molecule has 0 saturated heterocycles. The zero-order chi connectivity index (χ0) is 15.1. The van der Waals surface area contributed by atoms with E-state index in [1.807, 2.05) is 0 Å². The highest BCUT2D eigenvalue weighted by Crippen LogP contribution is 2.46. The van der Waals surface area contributed by atoms with Crippen LogP contribution in [0.1, 0.15) is 97.3 Å². The van der Waals surface area contributed by atoms with Crippen LogP contribution in [0.2, 0.25) is 0 Å². The van der Waals surface area contributed by atoms with E-state index in [2.05, 4.69) is 19.9 Å². The van der Waals surface area contributed by atoms with Crippen LogP contribution >= 0.6 is 0 Å². The van der Waals surface area contributed by atoms with Crippen molar-refractivity contribution in [3.05, 3.63) is 0 Å². The highest BCUT2D eigenvalue weighted by atomic mass is 14.4. The third-order valence-corrected chi connectivity index (χ3v) is 6.31. The molecule has 0 aliphatic heterocycles. The van der Waals surface area contributed by atoms with Crippen molar-refractivity contribution < 1.29 is 0 Å². The Balaban J connectivity index is 1.70.